The first-order chi connectivity index (χ1) is 23.2. The minimum Gasteiger partial charge on any atom is -0.480 e. The largest absolute Gasteiger partial charge is 0.480 e. The van der Waals surface area contributed by atoms with Crippen molar-refractivity contribution in [1.82, 2.24) is 31.9 Å². The van der Waals surface area contributed by atoms with Crippen LogP contribution in [0.4, 0.5) is 0 Å². The lowest BCUT2D eigenvalue weighted by molar-refractivity contribution is -0.143. The number of guanidine groups is 1. The number of carbonyl (C=O) groups is 7. The number of nitrogens with zero attached hydrogens (tertiary/aromatic N) is 1. The molecule has 0 heterocycles. The summed E-state index contributed by atoms with van der Waals surface area (Å²) in [5.74, 6) is -7.78. The normalized spacial score (nSPS) is 15.8. The van der Waals surface area contributed by atoms with Crippen LogP contribution in [0.3, 0.4) is 0 Å². The van der Waals surface area contributed by atoms with Crippen LogP contribution in [0.15, 0.2) is 4.99 Å². The molecule has 22 heteroatoms. The van der Waals surface area contributed by atoms with Crippen molar-refractivity contribution >= 4 is 47.4 Å². The molecule has 0 saturated heterocycles. The maximum atomic E-state index is 13.2. The first-order valence-electron chi connectivity index (χ1n) is 15.7. The first kappa shape index (κ1) is 45.4. The zero-order valence-corrected chi connectivity index (χ0v) is 28.4. The molecule has 0 fully saturated rings. The molecule has 0 rings (SSSR count). The molecule has 0 aliphatic carbocycles. The molecule has 0 aromatic carbocycles. The summed E-state index contributed by atoms with van der Waals surface area (Å²) in [6, 6.07) is -9.00. The first-order valence-corrected chi connectivity index (χ1v) is 15.7. The van der Waals surface area contributed by atoms with Crippen LogP contribution in [0.1, 0.15) is 47.0 Å². The van der Waals surface area contributed by atoms with E-state index in [1.165, 1.54) is 13.8 Å². The number of carboxylic acid groups (broad SMARTS) is 1. The summed E-state index contributed by atoms with van der Waals surface area (Å²) in [6.07, 6.45) is -2.69. The number of amides is 6. The van der Waals surface area contributed by atoms with Crippen LogP contribution in [-0.4, -0.2) is 148 Å². The number of nitrogens with two attached hydrogens (primary N) is 3. The Hall–Kier alpha value is -4.64. The standard InChI is InChI=1S/C28H52N10O12/c1-12(2)8-16(23(45)38-21(14(4)42)26(48)35-15(27(49)50)6-5-7-32-28(30)31)36-24(46)18(11-40)34-19(43)9-33-22(44)17(10-39)37-25(47)20(29)13(3)41/h12-18,20-21,39-42H,5-11,29H2,1-4H3,(H,33,44)(H,34,43)(H,35,48)(H,36,46)(H,37,47)(H,38,45)(H,49,50)(H4,30,31,32)/t13-,14-,15+,16+,17+,18+,20+,21+/m1/s1. The number of aliphatic hydroxyl groups is 4. The van der Waals surface area contributed by atoms with Gasteiger partial charge < -0.3 is 74.6 Å². The Bertz CT molecular complexity index is 1200. The maximum absolute atomic E-state index is 13.2. The fourth-order valence-electron chi connectivity index (χ4n) is 4.07. The minimum atomic E-state index is -1.65. The van der Waals surface area contributed by atoms with E-state index < -0.39 is 110 Å². The van der Waals surface area contributed by atoms with Crippen molar-refractivity contribution in [3.8, 4) is 0 Å². The SMILES string of the molecule is CC(C)C[C@H](NC(=O)[C@H](CO)NC(=O)CNC(=O)[C@H](CO)NC(=O)[C@@H](N)[C@@H](C)O)C(=O)N[C@H](C(=O)N[C@@H](CCCN=C(N)N)C(=O)O)[C@@H](C)O. The summed E-state index contributed by atoms with van der Waals surface area (Å²) in [6.45, 7) is 3.30. The molecule has 0 spiro atoms. The molecule has 22 nitrogen and oxygen atoms in total. The number of carbonyl (C=O) groups excluding carboxylic acids is 6. The molecule has 8 atom stereocenters. The molecule has 0 bridgehead atoms. The lowest BCUT2D eigenvalue weighted by Crippen LogP contribution is -2.61. The Morgan fingerprint density at radius 1 is 0.680 bits per heavy atom. The van der Waals surface area contributed by atoms with Gasteiger partial charge in [-0.15, -0.1) is 0 Å². The van der Waals surface area contributed by atoms with Crippen molar-refractivity contribution < 1.29 is 59.1 Å². The third-order valence-corrected chi connectivity index (χ3v) is 6.86. The van der Waals surface area contributed by atoms with Gasteiger partial charge in [0.25, 0.3) is 0 Å². The predicted molar refractivity (Wildman–Crippen MR) is 175 cm³/mol. The van der Waals surface area contributed by atoms with Crippen molar-refractivity contribution in [2.45, 2.75) is 95.4 Å². The van der Waals surface area contributed by atoms with E-state index in [4.69, 9.17) is 17.2 Å². The third kappa shape index (κ3) is 17.1. The number of carboxylic acids is 1. The Labute approximate surface area is 288 Å². The monoisotopic (exact) mass is 720 g/mol. The van der Waals surface area contributed by atoms with Gasteiger partial charge >= 0.3 is 5.97 Å². The molecule has 0 aliphatic heterocycles. The Balaban J connectivity index is 5.51. The molecule has 17 N–H and O–H groups in total. The van der Waals surface area contributed by atoms with Gasteiger partial charge in [-0.3, -0.25) is 33.8 Å². The smallest absolute Gasteiger partial charge is 0.326 e. The summed E-state index contributed by atoms with van der Waals surface area (Å²) >= 11 is 0. The molecule has 0 unspecified atom stereocenters. The summed E-state index contributed by atoms with van der Waals surface area (Å²) in [7, 11) is 0. The van der Waals surface area contributed by atoms with Crippen molar-refractivity contribution in [3.63, 3.8) is 0 Å². The summed E-state index contributed by atoms with van der Waals surface area (Å²) < 4.78 is 0. The molecule has 0 aromatic heterocycles. The number of rotatable bonds is 23. The molecule has 0 aliphatic rings. The van der Waals surface area contributed by atoms with Crippen molar-refractivity contribution in [1.29, 1.82) is 0 Å². The fourth-order valence-corrected chi connectivity index (χ4v) is 4.07. The second-order valence-corrected chi connectivity index (χ2v) is 11.8. The molecule has 6 amide bonds. The van der Waals surface area contributed by atoms with Crippen LogP contribution in [0, 0.1) is 5.92 Å². The average molecular weight is 721 g/mol. The quantitative estimate of drug-likeness (QED) is 0.0265. The minimum absolute atomic E-state index is 0.0105. The van der Waals surface area contributed by atoms with E-state index in [1.54, 1.807) is 13.8 Å². The van der Waals surface area contributed by atoms with Gasteiger partial charge in [0.1, 0.15) is 36.3 Å². The van der Waals surface area contributed by atoms with Gasteiger partial charge in [0.15, 0.2) is 5.96 Å². The Morgan fingerprint density at radius 2 is 1.20 bits per heavy atom. The second kappa shape index (κ2) is 22.9. The lowest BCUT2D eigenvalue weighted by atomic mass is 10.0. The van der Waals surface area contributed by atoms with Gasteiger partial charge in [0.2, 0.25) is 35.4 Å². The molecule has 0 saturated carbocycles. The molecular formula is C28H52N10O12. The van der Waals surface area contributed by atoms with Gasteiger partial charge in [-0.1, -0.05) is 13.8 Å². The predicted octanol–water partition coefficient (Wildman–Crippen LogP) is -7.22. The molecular weight excluding hydrogens is 668 g/mol. The van der Waals surface area contributed by atoms with Gasteiger partial charge in [-0.25, -0.2) is 4.79 Å². The number of aliphatic carboxylic acids is 1. The van der Waals surface area contributed by atoms with Crippen molar-refractivity contribution in [3.05, 3.63) is 0 Å². The van der Waals surface area contributed by atoms with Crippen LogP contribution in [0.25, 0.3) is 0 Å². The molecule has 286 valence electrons. The van der Waals surface area contributed by atoms with Crippen LogP contribution in [0.5, 0.6) is 0 Å². The second-order valence-electron chi connectivity index (χ2n) is 11.8. The van der Waals surface area contributed by atoms with E-state index >= 15 is 0 Å². The lowest BCUT2D eigenvalue weighted by Gasteiger charge is -2.27. The van der Waals surface area contributed by atoms with E-state index in [-0.39, 0.29) is 37.7 Å². The summed E-state index contributed by atoms with van der Waals surface area (Å²) in [4.78, 5) is 91.4. The highest BCUT2D eigenvalue weighted by Crippen LogP contribution is 2.08. The molecule has 0 aromatic rings. The van der Waals surface area contributed by atoms with Crippen LogP contribution >= 0.6 is 0 Å². The van der Waals surface area contributed by atoms with Gasteiger partial charge in [0.05, 0.1) is 32.0 Å². The summed E-state index contributed by atoms with van der Waals surface area (Å²) in [5, 5.41) is 61.7. The maximum Gasteiger partial charge on any atom is 0.326 e. The fraction of sp³-hybridized carbons (Fsp3) is 0.714. The third-order valence-electron chi connectivity index (χ3n) is 6.86. The zero-order valence-electron chi connectivity index (χ0n) is 28.4. The van der Waals surface area contributed by atoms with E-state index in [2.05, 4.69) is 36.9 Å². The van der Waals surface area contributed by atoms with E-state index in [1.807, 2.05) is 0 Å². The van der Waals surface area contributed by atoms with E-state index in [9.17, 15) is 59.1 Å². The van der Waals surface area contributed by atoms with Crippen LogP contribution in [0.2, 0.25) is 0 Å². The van der Waals surface area contributed by atoms with E-state index in [0.29, 0.717) is 0 Å². The summed E-state index contributed by atoms with van der Waals surface area (Å²) in [5.41, 5.74) is 16.0. The van der Waals surface area contributed by atoms with Crippen LogP contribution < -0.4 is 49.1 Å². The highest BCUT2D eigenvalue weighted by molar-refractivity contribution is 5.96. The van der Waals surface area contributed by atoms with Gasteiger partial charge in [-0.2, -0.15) is 0 Å². The van der Waals surface area contributed by atoms with Gasteiger partial charge in [0, 0.05) is 6.54 Å². The topological polar surface area (TPSA) is 383 Å². The van der Waals surface area contributed by atoms with E-state index in [0.717, 1.165) is 0 Å². The Kier molecular flexibility index (Phi) is 20.8. The van der Waals surface area contributed by atoms with Gasteiger partial charge in [-0.05, 0) is 39.0 Å². The number of hydrogen-bond donors (Lipinski definition) is 14. The van der Waals surface area contributed by atoms with Crippen molar-refractivity contribution in [2.24, 2.45) is 28.1 Å². The number of aliphatic imine (C=N–C) groups is 1. The zero-order chi connectivity index (χ0) is 38.7. The number of hydrogen-bond acceptors (Lipinski definition) is 13. The molecule has 50 heavy (non-hydrogen) atoms. The average Bonchev–Trinajstić information content (AvgIpc) is 3.03. The highest BCUT2D eigenvalue weighted by Gasteiger charge is 2.34. The van der Waals surface area contributed by atoms with Crippen molar-refractivity contribution in [2.75, 3.05) is 26.3 Å². The highest BCUT2D eigenvalue weighted by atomic mass is 16.4. The number of aliphatic hydroxyl groups excluding tert-OH is 4. The Morgan fingerprint density at radius 3 is 1.68 bits per heavy atom. The van der Waals surface area contributed by atoms with Crippen LogP contribution in [-0.2, 0) is 33.6 Å². The number of nitrogens with one attached hydrogen (secondary N) is 6. The molecule has 0 radical (unpaired) electrons.